The average Bonchev–Trinajstić information content (AvgIpc) is 2.74. The highest BCUT2D eigenvalue weighted by Gasteiger charge is 2.28. The van der Waals surface area contributed by atoms with Crippen molar-refractivity contribution in [3.8, 4) is 5.75 Å². The van der Waals surface area contributed by atoms with Crippen molar-refractivity contribution in [1.82, 2.24) is 14.5 Å². The zero-order valence-electron chi connectivity index (χ0n) is 17.2. The number of aryl methyl sites for hydroxylation is 1. The normalized spacial score (nSPS) is 15.6. The molecule has 7 nitrogen and oxygen atoms in total. The number of rotatable bonds is 8. The number of hydrogen-bond acceptors (Lipinski definition) is 5. The van der Waals surface area contributed by atoms with Gasteiger partial charge in [-0.15, -0.1) is 0 Å². The quantitative estimate of drug-likeness (QED) is 0.621. The van der Waals surface area contributed by atoms with E-state index in [9.17, 15) is 13.2 Å². The highest BCUT2D eigenvalue weighted by molar-refractivity contribution is 7.89. The number of ether oxygens (including phenoxy) is 1. The molecular formula is C21H25Cl2N3O4S. The first-order valence-electron chi connectivity index (χ1n) is 9.89. The van der Waals surface area contributed by atoms with Gasteiger partial charge < -0.3 is 10.1 Å². The van der Waals surface area contributed by atoms with Crippen LogP contribution in [0.5, 0.6) is 5.75 Å². The predicted octanol–water partition coefficient (Wildman–Crippen LogP) is 2.80. The van der Waals surface area contributed by atoms with E-state index in [1.807, 2.05) is 6.92 Å². The fourth-order valence-electron chi connectivity index (χ4n) is 3.19. The number of nitrogens with zero attached hydrogens (tertiary/aromatic N) is 2. The molecule has 0 radical (unpaired) electrons. The summed E-state index contributed by atoms with van der Waals surface area (Å²) in [5.74, 6) is 0.138. The van der Waals surface area contributed by atoms with Gasteiger partial charge in [0, 0.05) is 44.3 Å². The average molecular weight is 486 g/mol. The molecular weight excluding hydrogens is 461 g/mol. The van der Waals surface area contributed by atoms with Crippen LogP contribution in [0.25, 0.3) is 0 Å². The lowest BCUT2D eigenvalue weighted by Gasteiger charge is -2.34. The van der Waals surface area contributed by atoms with Crippen LogP contribution >= 0.6 is 23.2 Å². The second-order valence-corrected chi connectivity index (χ2v) is 10.1. The van der Waals surface area contributed by atoms with Crippen LogP contribution in [0.1, 0.15) is 5.56 Å². The number of hydrogen-bond donors (Lipinski definition) is 1. The van der Waals surface area contributed by atoms with E-state index in [4.69, 9.17) is 27.9 Å². The Balaban J connectivity index is 1.38. The van der Waals surface area contributed by atoms with Crippen LogP contribution in [0.4, 0.5) is 0 Å². The van der Waals surface area contributed by atoms with Gasteiger partial charge in [0.1, 0.15) is 5.75 Å². The van der Waals surface area contributed by atoms with Gasteiger partial charge in [0.05, 0.1) is 9.92 Å². The number of carbonyl (C=O) groups is 1. The van der Waals surface area contributed by atoms with E-state index in [0.29, 0.717) is 60.0 Å². The molecule has 0 unspecified atom stereocenters. The molecule has 2 aromatic carbocycles. The minimum atomic E-state index is -3.47. The SMILES string of the molecule is Cc1ccc(S(=O)(=O)N2CCN(CCNC(=O)COc3ccc(Cl)cc3Cl)CC2)cc1. The minimum Gasteiger partial charge on any atom is -0.482 e. The van der Waals surface area contributed by atoms with Crippen molar-refractivity contribution in [2.24, 2.45) is 0 Å². The summed E-state index contributed by atoms with van der Waals surface area (Å²) in [5.41, 5.74) is 1.02. The van der Waals surface area contributed by atoms with Gasteiger partial charge in [-0.25, -0.2) is 8.42 Å². The number of piperazine rings is 1. The number of sulfonamides is 1. The zero-order valence-corrected chi connectivity index (χ0v) is 19.5. The fourth-order valence-corrected chi connectivity index (χ4v) is 5.08. The minimum absolute atomic E-state index is 0.149. The lowest BCUT2D eigenvalue weighted by molar-refractivity contribution is -0.123. The third-order valence-corrected chi connectivity index (χ3v) is 7.44. The van der Waals surface area contributed by atoms with Crippen LogP contribution in [0.3, 0.4) is 0 Å². The lowest BCUT2D eigenvalue weighted by atomic mass is 10.2. The zero-order chi connectivity index (χ0) is 22.4. The summed E-state index contributed by atoms with van der Waals surface area (Å²) in [7, 11) is -3.47. The maximum absolute atomic E-state index is 12.8. The molecule has 1 aliphatic rings. The van der Waals surface area contributed by atoms with Gasteiger partial charge >= 0.3 is 0 Å². The molecule has 0 aromatic heterocycles. The van der Waals surface area contributed by atoms with Crippen LogP contribution in [-0.2, 0) is 14.8 Å². The van der Waals surface area contributed by atoms with Gasteiger partial charge in [-0.1, -0.05) is 40.9 Å². The summed E-state index contributed by atoms with van der Waals surface area (Å²) in [4.78, 5) is 14.4. The molecule has 1 saturated heterocycles. The van der Waals surface area contributed by atoms with Gasteiger partial charge in [0.15, 0.2) is 6.61 Å². The first-order valence-corrected chi connectivity index (χ1v) is 12.1. The monoisotopic (exact) mass is 485 g/mol. The molecule has 3 rings (SSSR count). The van der Waals surface area contributed by atoms with E-state index in [-0.39, 0.29) is 12.5 Å². The molecule has 0 saturated carbocycles. The Hall–Kier alpha value is -1.84. The Morgan fingerprint density at radius 2 is 1.74 bits per heavy atom. The third kappa shape index (κ3) is 6.57. The van der Waals surface area contributed by atoms with E-state index in [1.54, 1.807) is 42.5 Å². The third-order valence-electron chi connectivity index (χ3n) is 4.99. The maximum Gasteiger partial charge on any atom is 0.257 e. The second-order valence-electron chi connectivity index (χ2n) is 7.27. The first kappa shape index (κ1) is 23.8. The molecule has 1 aliphatic heterocycles. The van der Waals surface area contributed by atoms with E-state index in [1.165, 1.54) is 4.31 Å². The van der Waals surface area contributed by atoms with Gasteiger partial charge in [-0.3, -0.25) is 9.69 Å². The molecule has 0 aliphatic carbocycles. The Morgan fingerprint density at radius 1 is 1.06 bits per heavy atom. The van der Waals surface area contributed by atoms with E-state index < -0.39 is 10.0 Å². The molecule has 0 bridgehead atoms. The Kier molecular flexibility index (Phi) is 8.18. The lowest BCUT2D eigenvalue weighted by Crippen LogP contribution is -2.50. The predicted molar refractivity (Wildman–Crippen MR) is 121 cm³/mol. The number of nitrogens with one attached hydrogen (secondary N) is 1. The van der Waals surface area contributed by atoms with Crippen molar-refractivity contribution in [3.05, 3.63) is 58.1 Å². The van der Waals surface area contributed by atoms with Crippen LogP contribution < -0.4 is 10.1 Å². The molecule has 0 atom stereocenters. The number of carbonyl (C=O) groups excluding carboxylic acids is 1. The topological polar surface area (TPSA) is 79.0 Å². The van der Waals surface area contributed by atoms with E-state index >= 15 is 0 Å². The van der Waals surface area contributed by atoms with Crippen molar-refractivity contribution in [1.29, 1.82) is 0 Å². The van der Waals surface area contributed by atoms with E-state index in [0.717, 1.165) is 5.56 Å². The number of amides is 1. The highest BCUT2D eigenvalue weighted by atomic mass is 35.5. The molecule has 168 valence electrons. The first-order chi connectivity index (χ1) is 14.8. The van der Waals surface area contributed by atoms with Gasteiger partial charge in [-0.05, 0) is 37.3 Å². The van der Waals surface area contributed by atoms with Gasteiger partial charge in [-0.2, -0.15) is 4.31 Å². The van der Waals surface area contributed by atoms with Crippen molar-refractivity contribution in [2.75, 3.05) is 45.9 Å². The van der Waals surface area contributed by atoms with Gasteiger partial charge in [0.25, 0.3) is 5.91 Å². The highest BCUT2D eigenvalue weighted by Crippen LogP contribution is 2.27. The summed E-state index contributed by atoms with van der Waals surface area (Å²) < 4.78 is 32.4. The van der Waals surface area contributed by atoms with Crippen LogP contribution in [-0.4, -0.2) is 69.4 Å². The Morgan fingerprint density at radius 3 is 2.39 bits per heavy atom. The summed E-state index contributed by atoms with van der Waals surface area (Å²) >= 11 is 11.8. The molecule has 1 heterocycles. The van der Waals surface area contributed by atoms with Crippen LogP contribution in [0, 0.1) is 6.92 Å². The fraction of sp³-hybridized carbons (Fsp3) is 0.381. The standard InChI is InChI=1S/C21H25Cl2N3O4S/c1-16-2-5-18(6-3-16)31(28,29)26-12-10-25(11-13-26)9-8-24-21(27)15-30-20-7-4-17(22)14-19(20)23/h2-7,14H,8-13,15H2,1H3,(H,24,27). The van der Waals surface area contributed by atoms with Crippen LogP contribution in [0.2, 0.25) is 10.0 Å². The van der Waals surface area contributed by atoms with Crippen molar-refractivity contribution in [2.45, 2.75) is 11.8 Å². The van der Waals surface area contributed by atoms with Gasteiger partial charge in [0.2, 0.25) is 10.0 Å². The smallest absolute Gasteiger partial charge is 0.257 e. The van der Waals surface area contributed by atoms with Crippen molar-refractivity contribution < 1.29 is 17.9 Å². The van der Waals surface area contributed by atoms with Crippen molar-refractivity contribution in [3.63, 3.8) is 0 Å². The Bertz CT molecular complexity index is 1010. The molecule has 1 amide bonds. The molecule has 1 fully saturated rings. The number of halogens is 2. The molecule has 10 heteroatoms. The summed E-state index contributed by atoms with van der Waals surface area (Å²) in [6.45, 7) is 4.91. The Labute approximate surface area is 192 Å². The molecule has 0 spiro atoms. The van der Waals surface area contributed by atoms with Crippen molar-refractivity contribution >= 4 is 39.1 Å². The molecule has 1 N–H and O–H groups in total. The summed E-state index contributed by atoms with van der Waals surface area (Å²) in [5, 5.41) is 3.64. The maximum atomic E-state index is 12.8. The van der Waals surface area contributed by atoms with E-state index in [2.05, 4.69) is 10.2 Å². The summed E-state index contributed by atoms with van der Waals surface area (Å²) in [6, 6.07) is 11.7. The molecule has 31 heavy (non-hydrogen) atoms. The number of benzene rings is 2. The van der Waals surface area contributed by atoms with Crippen LogP contribution in [0.15, 0.2) is 47.4 Å². The second kappa shape index (κ2) is 10.7. The largest absolute Gasteiger partial charge is 0.482 e. The molecule has 2 aromatic rings. The summed E-state index contributed by atoms with van der Waals surface area (Å²) in [6.07, 6.45) is 0.